The van der Waals surface area contributed by atoms with Crippen LogP contribution in [0.3, 0.4) is 0 Å². The number of hydrogen-bond acceptors (Lipinski definition) is 3. The summed E-state index contributed by atoms with van der Waals surface area (Å²) in [6, 6.07) is 15.6. The Kier molecular flexibility index (Phi) is 7.06. The van der Waals surface area contributed by atoms with Gasteiger partial charge in [0.15, 0.2) is 0 Å². The molecule has 0 aliphatic carbocycles. The van der Waals surface area contributed by atoms with Crippen molar-refractivity contribution in [2.24, 2.45) is 0 Å². The molecular weight excluding hydrogens is 374 g/mol. The largest absolute Gasteiger partial charge is 0.353 e. The number of carbonyl (C=O) groups is 2. The number of halogens is 1. The molecule has 1 aliphatic rings. The van der Waals surface area contributed by atoms with Gasteiger partial charge in [-0.1, -0.05) is 35.9 Å². The SMILES string of the molecule is CC(=O)Nc1ccc(CC(=O)NC2CCN(Cc3ccc(Cl)cc3)CC2)cc1. The van der Waals surface area contributed by atoms with E-state index in [2.05, 4.69) is 27.7 Å². The van der Waals surface area contributed by atoms with Gasteiger partial charge in [-0.3, -0.25) is 14.5 Å². The summed E-state index contributed by atoms with van der Waals surface area (Å²) >= 11 is 5.94. The van der Waals surface area contributed by atoms with Crippen molar-refractivity contribution in [3.05, 3.63) is 64.7 Å². The van der Waals surface area contributed by atoms with Gasteiger partial charge < -0.3 is 10.6 Å². The number of piperidine rings is 1. The molecule has 0 aromatic heterocycles. The predicted octanol–water partition coefficient (Wildman–Crippen LogP) is 3.62. The zero-order valence-electron chi connectivity index (χ0n) is 16.1. The average molecular weight is 400 g/mol. The maximum Gasteiger partial charge on any atom is 0.224 e. The van der Waals surface area contributed by atoms with E-state index in [-0.39, 0.29) is 17.9 Å². The second-order valence-electron chi connectivity index (χ2n) is 7.30. The molecule has 1 saturated heterocycles. The van der Waals surface area contributed by atoms with E-state index in [0.717, 1.165) is 48.7 Å². The number of rotatable bonds is 6. The fourth-order valence-electron chi connectivity index (χ4n) is 3.46. The number of hydrogen-bond donors (Lipinski definition) is 2. The molecule has 5 nitrogen and oxygen atoms in total. The van der Waals surface area contributed by atoms with E-state index in [1.807, 2.05) is 36.4 Å². The third-order valence-corrected chi connectivity index (χ3v) is 5.16. The number of amides is 2. The van der Waals surface area contributed by atoms with Crippen LogP contribution >= 0.6 is 11.6 Å². The molecule has 28 heavy (non-hydrogen) atoms. The zero-order valence-corrected chi connectivity index (χ0v) is 16.8. The summed E-state index contributed by atoms with van der Waals surface area (Å²) in [5, 5.41) is 6.64. The molecule has 2 aromatic carbocycles. The molecule has 0 radical (unpaired) electrons. The minimum atomic E-state index is -0.104. The molecule has 0 spiro atoms. The molecule has 148 valence electrons. The number of benzene rings is 2. The lowest BCUT2D eigenvalue weighted by Gasteiger charge is -2.32. The number of anilines is 1. The standard InChI is InChI=1S/C22H26ClN3O2/c1-16(27)24-20-8-4-17(5-9-20)14-22(28)25-21-10-12-26(13-11-21)15-18-2-6-19(23)7-3-18/h2-9,21H,10-15H2,1H3,(H,24,27)(H,25,28). The minimum absolute atomic E-state index is 0.0448. The Morgan fingerprint density at radius 1 is 1.00 bits per heavy atom. The van der Waals surface area contributed by atoms with E-state index in [4.69, 9.17) is 11.6 Å². The van der Waals surface area contributed by atoms with Crippen molar-refractivity contribution < 1.29 is 9.59 Å². The molecular formula is C22H26ClN3O2. The molecule has 0 atom stereocenters. The molecule has 6 heteroatoms. The summed E-state index contributed by atoms with van der Waals surface area (Å²) in [5.41, 5.74) is 2.94. The lowest BCUT2D eigenvalue weighted by molar-refractivity contribution is -0.121. The first-order valence-electron chi connectivity index (χ1n) is 9.60. The molecule has 0 saturated carbocycles. The van der Waals surface area contributed by atoms with Crippen LogP contribution in [0.5, 0.6) is 0 Å². The molecule has 3 rings (SSSR count). The minimum Gasteiger partial charge on any atom is -0.353 e. The first-order valence-corrected chi connectivity index (χ1v) is 9.98. The highest BCUT2D eigenvalue weighted by Crippen LogP contribution is 2.16. The number of carbonyl (C=O) groups excluding carboxylic acids is 2. The van der Waals surface area contributed by atoms with Gasteiger partial charge in [0.2, 0.25) is 11.8 Å². The highest BCUT2D eigenvalue weighted by atomic mass is 35.5. The fraction of sp³-hybridized carbons (Fsp3) is 0.364. The summed E-state index contributed by atoms with van der Waals surface area (Å²) in [6.07, 6.45) is 2.27. The van der Waals surface area contributed by atoms with Crippen molar-refractivity contribution in [3.63, 3.8) is 0 Å². The van der Waals surface area contributed by atoms with Crippen LogP contribution in [-0.2, 0) is 22.6 Å². The van der Waals surface area contributed by atoms with Crippen molar-refractivity contribution in [2.45, 2.75) is 38.8 Å². The molecule has 0 unspecified atom stereocenters. The van der Waals surface area contributed by atoms with Gasteiger partial charge in [0.05, 0.1) is 6.42 Å². The molecule has 1 heterocycles. The number of likely N-dealkylation sites (tertiary alicyclic amines) is 1. The average Bonchev–Trinajstić information content (AvgIpc) is 2.66. The Balaban J connectivity index is 1.41. The topological polar surface area (TPSA) is 61.4 Å². The van der Waals surface area contributed by atoms with Crippen LogP contribution in [-0.4, -0.2) is 35.8 Å². The van der Waals surface area contributed by atoms with E-state index < -0.39 is 0 Å². The summed E-state index contributed by atoms with van der Waals surface area (Å²) in [5.74, 6) is -0.0590. The summed E-state index contributed by atoms with van der Waals surface area (Å²) < 4.78 is 0. The molecule has 1 aliphatic heterocycles. The quantitative estimate of drug-likeness (QED) is 0.779. The summed E-state index contributed by atoms with van der Waals surface area (Å²) in [4.78, 5) is 25.8. The van der Waals surface area contributed by atoms with E-state index in [1.54, 1.807) is 0 Å². The molecule has 2 N–H and O–H groups in total. The second-order valence-corrected chi connectivity index (χ2v) is 7.74. The fourth-order valence-corrected chi connectivity index (χ4v) is 3.58. The van der Waals surface area contributed by atoms with Gasteiger partial charge in [0.25, 0.3) is 0 Å². The second kappa shape index (κ2) is 9.71. The maximum absolute atomic E-state index is 12.3. The Hall–Kier alpha value is -2.37. The van der Waals surface area contributed by atoms with Gasteiger partial charge in [-0.15, -0.1) is 0 Å². The van der Waals surface area contributed by atoms with E-state index in [9.17, 15) is 9.59 Å². The molecule has 2 aromatic rings. The molecule has 2 amide bonds. The first kappa shape index (κ1) is 20.4. The summed E-state index contributed by atoms with van der Waals surface area (Å²) in [6.45, 7) is 4.33. The highest BCUT2D eigenvalue weighted by molar-refractivity contribution is 6.30. The van der Waals surface area contributed by atoms with E-state index in [1.165, 1.54) is 12.5 Å². The van der Waals surface area contributed by atoms with Crippen LogP contribution in [0.25, 0.3) is 0 Å². The van der Waals surface area contributed by atoms with Crippen molar-refractivity contribution >= 4 is 29.1 Å². The lowest BCUT2D eigenvalue weighted by atomic mass is 10.0. The zero-order chi connectivity index (χ0) is 19.9. The van der Waals surface area contributed by atoms with Gasteiger partial charge in [0, 0.05) is 43.3 Å². The van der Waals surface area contributed by atoms with Crippen LogP contribution in [0.15, 0.2) is 48.5 Å². The van der Waals surface area contributed by atoms with Gasteiger partial charge in [0.1, 0.15) is 0 Å². The Bertz CT molecular complexity index is 798. The third-order valence-electron chi connectivity index (χ3n) is 4.91. The van der Waals surface area contributed by atoms with Crippen LogP contribution in [0.2, 0.25) is 5.02 Å². The van der Waals surface area contributed by atoms with Gasteiger partial charge in [-0.2, -0.15) is 0 Å². The van der Waals surface area contributed by atoms with Crippen molar-refractivity contribution in [1.82, 2.24) is 10.2 Å². The number of nitrogens with zero attached hydrogens (tertiary/aromatic N) is 1. The van der Waals surface area contributed by atoms with E-state index in [0.29, 0.717) is 6.42 Å². The van der Waals surface area contributed by atoms with Crippen LogP contribution in [0.1, 0.15) is 30.9 Å². The predicted molar refractivity (Wildman–Crippen MR) is 112 cm³/mol. The third kappa shape index (κ3) is 6.36. The highest BCUT2D eigenvalue weighted by Gasteiger charge is 2.20. The Morgan fingerprint density at radius 2 is 1.61 bits per heavy atom. The van der Waals surface area contributed by atoms with E-state index >= 15 is 0 Å². The summed E-state index contributed by atoms with van der Waals surface area (Å²) in [7, 11) is 0. The number of nitrogens with one attached hydrogen (secondary N) is 2. The normalized spacial score (nSPS) is 15.2. The lowest BCUT2D eigenvalue weighted by Crippen LogP contribution is -2.44. The molecule has 1 fully saturated rings. The van der Waals surface area contributed by atoms with Gasteiger partial charge >= 0.3 is 0 Å². The van der Waals surface area contributed by atoms with Crippen LogP contribution in [0, 0.1) is 0 Å². The van der Waals surface area contributed by atoms with Crippen LogP contribution < -0.4 is 10.6 Å². The van der Waals surface area contributed by atoms with Crippen LogP contribution in [0.4, 0.5) is 5.69 Å². The maximum atomic E-state index is 12.3. The Morgan fingerprint density at radius 3 is 2.21 bits per heavy atom. The van der Waals surface area contributed by atoms with Gasteiger partial charge in [-0.05, 0) is 48.2 Å². The molecule has 0 bridgehead atoms. The monoisotopic (exact) mass is 399 g/mol. The Labute approximate surface area is 171 Å². The van der Waals surface area contributed by atoms with Crippen molar-refractivity contribution in [1.29, 1.82) is 0 Å². The van der Waals surface area contributed by atoms with Gasteiger partial charge in [-0.25, -0.2) is 0 Å². The smallest absolute Gasteiger partial charge is 0.224 e. The van der Waals surface area contributed by atoms with Crippen molar-refractivity contribution in [2.75, 3.05) is 18.4 Å². The first-order chi connectivity index (χ1) is 13.5. The van der Waals surface area contributed by atoms with Crippen molar-refractivity contribution in [3.8, 4) is 0 Å².